The number of carbonyl (C=O) groups excluding carboxylic acids is 1. The van der Waals surface area contributed by atoms with Crippen LogP contribution in [0.25, 0.3) is 10.1 Å². The number of nitrogens with one attached hydrogen (secondary N) is 1. The quantitative estimate of drug-likeness (QED) is 0.534. The molecule has 0 aliphatic rings. The fourth-order valence-corrected chi connectivity index (χ4v) is 3.90. The van der Waals surface area contributed by atoms with Crippen molar-refractivity contribution in [2.45, 2.75) is 6.92 Å². The zero-order valence-electron chi connectivity index (χ0n) is 14.2. The zero-order chi connectivity index (χ0) is 18.0. The molecule has 1 amide bonds. The number of anilines is 1. The van der Waals surface area contributed by atoms with Gasteiger partial charge in [-0.25, -0.2) is 5.43 Å². The average molecular weight is 372 g/mol. The van der Waals surface area contributed by atoms with Crippen LogP contribution in [0.3, 0.4) is 0 Å². The van der Waals surface area contributed by atoms with Gasteiger partial charge in [0, 0.05) is 29.9 Å². The summed E-state index contributed by atoms with van der Waals surface area (Å²) in [6.45, 7) is 2.01. The lowest BCUT2D eigenvalue weighted by Crippen LogP contribution is -2.16. The molecular formula is C19H18ClN3OS. The van der Waals surface area contributed by atoms with Crippen LogP contribution in [0.2, 0.25) is 5.02 Å². The second-order valence-corrected chi connectivity index (χ2v) is 7.36. The predicted molar refractivity (Wildman–Crippen MR) is 107 cm³/mol. The van der Waals surface area contributed by atoms with E-state index in [9.17, 15) is 4.79 Å². The van der Waals surface area contributed by atoms with Crippen molar-refractivity contribution in [2.75, 3.05) is 19.0 Å². The monoisotopic (exact) mass is 371 g/mol. The number of fused-ring (bicyclic) bond motifs is 1. The van der Waals surface area contributed by atoms with Gasteiger partial charge in [0.15, 0.2) is 0 Å². The Bertz CT molecular complexity index is 945. The van der Waals surface area contributed by atoms with Crippen LogP contribution in [0, 0.1) is 6.92 Å². The molecule has 0 unspecified atom stereocenters. The molecule has 1 heterocycles. The van der Waals surface area contributed by atoms with Crippen LogP contribution in [0.1, 0.15) is 20.8 Å². The summed E-state index contributed by atoms with van der Waals surface area (Å²) in [7, 11) is 3.97. The predicted octanol–water partition coefficient (Wildman–Crippen LogP) is 4.69. The molecule has 0 spiro atoms. The maximum absolute atomic E-state index is 12.3. The molecule has 0 fully saturated rings. The third-order valence-electron chi connectivity index (χ3n) is 3.78. The molecule has 0 aliphatic carbocycles. The normalized spacial score (nSPS) is 11.2. The highest BCUT2D eigenvalue weighted by Crippen LogP contribution is 2.35. The van der Waals surface area contributed by atoms with E-state index in [4.69, 9.17) is 11.6 Å². The molecule has 3 aromatic rings. The van der Waals surface area contributed by atoms with Gasteiger partial charge in [0.2, 0.25) is 0 Å². The number of hydrazone groups is 1. The van der Waals surface area contributed by atoms with Gasteiger partial charge in [0.25, 0.3) is 5.91 Å². The maximum atomic E-state index is 12.3. The Balaban J connectivity index is 1.73. The summed E-state index contributed by atoms with van der Waals surface area (Å²) in [5, 5.41) is 5.40. The summed E-state index contributed by atoms with van der Waals surface area (Å²) in [5.41, 5.74) is 5.69. The minimum absolute atomic E-state index is 0.301. The van der Waals surface area contributed by atoms with Gasteiger partial charge in [-0.1, -0.05) is 35.9 Å². The first-order valence-electron chi connectivity index (χ1n) is 7.75. The van der Waals surface area contributed by atoms with Gasteiger partial charge in [-0.2, -0.15) is 5.10 Å². The highest BCUT2D eigenvalue weighted by Gasteiger charge is 2.16. The van der Waals surface area contributed by atoms with Crippen molar-refractivity contribution < 1.29 is 4.79 Å². The molecule has 0 atom stereocenters. The van der Waals surface area contributed by atoms with Crippen molar-refractivity contribution >= 4 is 50.8 Å². The molecule has 128 valence electrons. The minimum Gasteiger partial charge on any atom is -0.378 e. The third-order valence-corrected chi connectivity index (χ3v) is 5.44. The zero-order valence-corrected chi connectivity index (χ0v) is 15.8. The highest BCUT2D eigenvalue weighted by molar-refractivity contribution is 7.21. The molecular weight excluding hydrogens is 354 g/mol. The molecule has 0 aliphatic heterocycles. The van der Waals surface area contributed by atoms with Gasteiger partial charge in [0.05, 0.1) is 11.2 Å². The highest BCUT2D eigenvalue weighted by atomic mass is 35.5. The Morgan fingerprint density at radius 2 is 1.92 bits per heavy atom. The van der Waals surface area contributed by atoms with E-state index in [-0.39, 0.29) is 5.91 Å². The van der Waals surface area contributed by atoms with E-state index >= 15 is 0 Å². The minimum atomic E-state index is -0.301. The third kappa shape index (κ3) is 3.83. The number of amides is 1. The number of rotatable bonds is 4. The van der Waals surface area contributed by atoms with Gasteiger partial charge in [-0.3, -0.25) is 4.79 Å². The van der Waals surface area contributed by atoms with Gasteiger partial charge in [-0.15, -0.1) is 11.3 Å². The summed E-state index contributed by atoms with van der Waals surface area (Å²) in [4.78, 5) is 14.8. The number of halogens is 1. The van der Waals surface area contributed by atoms with Gasteiger partial charge >= 0.3 is 0 Å². The lowest BCUT2D eigenvalue weighted by molar-refractivity contribution is 0.0959. The Morgan fingerprint density at radius 1 is 1.20 bits per heavy atom. The number of carbonyl (C=O) groups is 1. The molecule has 25 heavy (non-hydrogen) atoms. The van der Waals surface area contributed by atoms with Crippen molar-refractivity contribution in [2.24, 2.45) is 5.10 Å². The molecule has 3 rings (SSSR count). The maximum Gasteiger partial charge on any atom is 0.283 e. The van der Waals surface area contributed by atoms with Crippen LogP contribution in [-0.2, 0) is 0 Å². The number of aryl methyl sites for hydroxylation is 1. The molecule has 1 N–H and O–H groups in total. The Labute approximate surface area is 155 Å². The second kappa shape index (κ2) is 7.25. The summed E-state index contributed by atoms with van der Waals surface area (Å²) < 4.78 is 0.999. The van der Waals surface area contributed by atoms with Crippen molar-refractivity contribution in [3.8, 4) is 0 Å². The van der Waals surface area contributed by atoms with E-state index in [0.29, 0.717) is 9.90 Å². The van der Waals surface area contributed by atoms with Gasteiger partial charge < -0.3 is 4.90 Å². The van der Waals surface area contributed by atoms with E-state index in [1.807, 2.05) is 68.4 Å². The van der Waals surface area contributed by atoms with E-state index in [0.717, 1.165) is 26.9 Å². The molecule has 1 aromatic heterocycles. The molecule has 0 bridgehead atoms. The Hall–Kier alpha value is -2.37. The van der Waals surface area contributed by atoms with Crippen molar-refractivity contribution in [3.05, 3.63) is 63.5 Å². The van der Waals surface area contributed by atoms with Crippen molar-refractivity contribution in [3.63, 3.8) is 0 Å². The molecule has 0 radical (unpaired) electrons. The number of hydrogen-bond donors (Lipinski definition) is 1. The van der Waals surface area contributed by atoms with E-state index in [1.165, 1.54) is 11.3 Å². The molecule has 0 saturated heterocycles. The fraction of sp³-hybridized carbons (Fsp3) is 0.158. The van der Waals surface area contributed by atoms with E-state index in [1.54, 1.807) is 6.21 Å². The van der Waals surface area contributed by atoms with Gasteiger partial charge in [-0.05, 0) is 36.2 Å². The number of benzene rings is 2. The largest absolute Gasteiger partial charge is 0.378 e. The first-order valence-corrected chi connectivity index (χ1v) is 8.94. The number of thiophene rings is 1. The van der Waals surface area contributed by atoms with Crippen molar-refractivity contribution in [1.82, 2.24) is 5.43 Å². The van der Waals surface area contributed by atoms with Crippen LogP contribution in [0.15, 0.2) is 47.6 Å². The topological polar surface area (TPSA) is 44.7 Å². The van der Waals surface area contributed by atoms with Gasteiger partial charge in [0.1, 0.15) is 4.88 Å². The van der Waals surface area contributed by atoms with Crippen molar-refractivity contribution in [1.29, 1.82) is 0 Å². The van der Waals surface area contributed by atoms with Crippen LogP contribution < -0.4 is 10.3 Å². The van der Waals surface area contributed by atoms with E-state index < -0.39 is 0 Å². The second-order valence-electron chi connectivity index (χ2n) is 5.93. The van der Waals surface area contributed by atoms with Crippen LogP contribution in [0.5, 0.6) is 0 Å². The molecule has 2 aromatic carbocycles. The Kier molecular flexibility index (Phi) is 5.06. The summed E-state index contributed by atoms with van der Waals surface area (Å²) >= 11 is 7.71. The lowest BCUT2D eigenvalue weighted by Gasteiger charge is -2.11. The van der Waals surface area contributed by atoms with Crippen LogP contribution in [0.4, 0.5) is 5.69 Å². The average Bonchev–Trinajstić information content (AvgIpc) is 2.91. The summed E-state index contributed by atoms with van der Waals surface area (Å²) in [6, 6.07) is 13.8. The fourth-order valence-electron chi connectivity index (χ4n) is 2.39. The summed E-state index contributed by atoms with van der Waals surface area (Å²) in [5.74, 6) is -0.301. The number of hydrogen-bond acceptors (Lipinski definition) is 4. The molecule has 0 saturated carbocycles. The lowest BCUT2D eigenvalue weighted by atomic mass is 10.2. The van der Waals surface area contributed by atoms with E-state index in [2.05, 4.69) is 10.5 Å². The summed E-state index contributed by atoms with van der Waals surface area (Å²) in [6.07, 6.45) is 1.61. The molecule has 4 nitrogen and oxygen atoms in total. The Morgan fingerprint density at radius 3 is 2.60 bits per heavy atom. The standard InChI is InChI=1S/C19H18ClN3OS/c1-12-4-9-15-16(10-12)25-18(17(15)20)19(24)22-21-11-13-5-7-14(8-6-13)23(2)3/h4-11H,1-3H3,(H,22,24)/b21-11-. The first kappa shape index (κ1) is 17.5. The molecule has 6 heteroatoms. The van der Waals surface area contributed by atoms with Crippen LogP contribution in [-0.4, -0.2) is 26.2 Å². The smallest absolute Gasteiger partial charge is 0.283 e. The van der Waals surface area contributed by atoms with Crippen LogP contribution >= 0.6 is 22.9 Å². The number of nitrogens with zero attached hydrogens (tertiary/aromatic N) is 2. The first-order chi connectivity index (χ1) is 12.0. The SMILES string of the molecule is Cc1ccc2c(Cl)c(C(=O)N/N=C\c3ccc(N(C)C)cc3)sc2c1.